The number of nitrogens with one attached hydrogen (secondary N) is 2. The lowest BCUT2D eigenvalue weighted by Gasteiger charge is -2.10. The zero-order valence-electron chi connectivity index (χ0n) is 9.94. The monoisotopic (exact) mass is 249 g/mol. The van der Waals surface area contributed by atoms with Crippen LogP contribution in [0.15, 0.2) is 29.1 Å². The number of anilines is 1. The molecule has 0 radical (unpaired) electrons. The molecule has 1 heterocycles. The van der Waals surface area contributed by atoms with Crippen molar-refractivity contribution in [2.24, 2.45) is 0 Å². The summed E-state index contributed by atoms with van der Waals surface area (Å²) in [6, 6.07) is 5.94. The zero-order chi connectivity index (χ0) is 13.1. The first-order valence-corrected chi connectivity index (χ1v) is 5.29. The quantitative estimate of drug-likeness (QED) is 0.836. The van der Waals surface area contributed by atoms with Crippen molar-refractivity contribution in [3.05, 3.63) is 40.4 Å². The standard InChI is InChI=1S/C11H12FN5O/c1-13-11-16-15-9(10(18)17(11)14-2)7-5-3-4-6-8(7)12/h3-6,14H,1-2H3,(H,13,16). The van der Waals surface area contributed by atoms with Gasteiger partial charge in [0.25, 0.3) is 5.56 Å². The van der Waals surface area contributed by atoms with Crippen molar-refractivity contribution < 1.29 is 4.39 Å². The zero-order valence-corrected chi connectivity index (χ0v) is 9.94. The lowest BCUT2D eigenvalue weighted by molar-refractivity contribution is 0.629. The normalized spacial score (nSPS) is 10.2. The molecule has 1 aromatic heterocycles. The Hall–Kier alpha value is -2.44. The van der Waals surface area contributed by atoms with Crippen LogP contribution in [0.2, 0.25) is 0 Å². The van der Waals surface area contributed by atoms with Crippen molar-refractivity contribution in [2.45, 2.75) is 0 Å². The molecule has 2 rings (SSSR count). The Morgan fingerprint density at radius 3 is 2.56 bits per heavy atom. The van der Waals surface area contributed by atoms with Gasteiger partial charge in [0.15, 0.2) is 5.69 Å². The highest BCUT2D eigenvalue weighted by Crippen LogP contribution is 2.16. The van der Waals surface area contributed by atoms with E-state index in [0.717, 1.165) is 4.68 Å². The smallest absolute Gasteiger partial charge is 0.300 e. The molecular formula is C11H12FN5O. The fourth-order valence-corrected chi connectivity index (χ4v) is 1.58. The van der Waals surface area contributed by atoms with Crippen LogP contribution >= 0.6 is 0 Å². The summed E-state index contributed by atoms with van der Waals surface area (Å²) in [7, 11) is 3.18. The lowest BCUT2D eigenvalue weighted by Crippen LogP contribution is -2.32. The molecule has 94 valence electrons. The molecule has 2 aromatic rings. The maximum atomic E-state index is 13.6. The second-order valence-corrected chi connectivity index (χ2v) is 3.47. The maximum Gasteiger partial charge on any atom is 0.300 e. The second kappa shape index (κ2) is 4.82. The van der Waals surface area contributed by atoms with Gasteiger partial charge < -0.3 is 10.7 Å². The Balaban J connectivity index is 2.68. The molecule has 6 nitrogen and oxygen atoms in total. The lowest BCUT2D eigenvalue weighted by atomic mass is 10.1. The van der Waals surface area contributed by atoms with Crippen LogP contribution in [0.3, 0.4) is 0 Å². The van der Waals surface area contributed by atoms with Gasteiger partial charge in [-0.05, 0) is 12.1 Å². The van der Waals surface area contributed by atoms with Crippen LogP contribution in [0.5, 0.6) is 0 Å². The van der Waals surface area contributed by atoms with E-state index in [1.807, 2.05) is 0 Å². The molecule has 2 N–H and O–H groups in total. The highest BCUT2D eigenvalue weighted by atomic mass is 19.1. The number of hydrogen-bond donors (Lipinski definition) is 2. The molecule has 0 saturated carbocycles. The Labute approximate surface area is 102 Å². The van der Waals surface area contributed by atoms with Gasteiger partial charge in [-0.15, -0.1) is 10.2 Å². The van der Waals surface area contributed by atoms with Crippen LogP contribution < -0.4 is 16.3 Å². The van der Waals surface area contributed by atoms with Crippen LogP contribution in [-0.4, -0.2) is 29.0 Å². The Kier molecular flexibility index (Phi) is 3.22. The van der Waals surface area contributed by atoms with E-state index >= 15 is 0 Å². The molecule has 0 bridgehead atoms. The van der Waals surface area contributed by atoms with Crippen LogP contribution in [0, 0.1) is 5.82 Å². The highest BCUT2D eigenvalue weighted by Gasteiger charge is 2.14. The van der Waals surface area contributed by atoms with E-state index in [4.69, 9.17) is 0 Å². The van der Waals surface area contributed by atoms with E-state index in [1.54, 1.807) is 26.2 Å². The number of hydrogen-bond acceptors (Lipinski definition) is 5. The van der Waals surface area contributed by atoms with E-state index in [-0.39, 0.29) is 17.2 Å². The molecule has 0 atom stereocenters. The topological polar surface area (TPSA) is 71.8 Å². The number of halogens is 1. The van der Waals surface area contributed by atoms with Gasteiger partial charge in [0, 0.05) is 19.7 Å². The summed E-state index contributed by atoms with van der Waals surface area (Å²) in [6.45, 7) is 0. The number of benzene rings is 1. The summed E-state index contributed by atoms with van der Waals surface area (Å²) in [4.78, 5) is 12.1. The summed E-state index contributed by atoms with van der Waals surface area (Å²) >= 11 is 0. The molecular weight excluding hydrogens is 237 g/mol. The number of rotatable bonds is 3. The SMILES string of the molecule is CNc1nnc(-c2ccccc2F)c(=O)n1NC. The molecule has 0 aliphatic carbocycles. The summed E-state index contributed by atoms with van der Waals surface area (Å²) < 4.78 is 14.8. The van der Waals surface area contributed by atoms with E-state index < -0.39 is 11.4 Å². The molecule has 0 amide bonds. The van der Waals surface area contributed by atoms with E-state index in [0.29, 0.717) is 0 Å². The summed E-state index contributed by atoms with van der Waals surface area (Å²) in [5.74, 6) is -0.258. The molecule has 0 saturated heterocycles. The van der Waals surface area contributed by atoms with Crippen LogP contribution in [0.25, 0.3) is 11.3 Å². The second-order valence-electron chi connectivity index (χ2n) is 3.47. The first-order valence-electron chi connectivity index (χ1n) is 5.29. The third-order valence-corrected chi connectivity index (χ3v) is 2.44. The van der Waals surface area contributed by atoms with Crippen molar-refractivity contribution in [2.75, 3.05) is 24.8 Å². The molecule has 0 aliphatic rings. The summed E-state index contributed by atoms with van der Waals surface area (Å²) in [5.41, 5.74) is 2.28. The van der Waals surface area contributed by atoms with E-state index in [2.05, 4.69) is 20.9 Å². The number of nitrogens with zero attached hydrogens (tertiary/aromatic N) is 3. The average molecular weight is 249 g/mol. The van der Waals surface area contributed by atoms with Crippen LogP contribution in [0.4, 0.5) is 10.3 Å². The predicted octanol–water partition coefficient (Wildman–Crippen LogP) is 0.659. The third-order valence-electron chi connectivity index (χ3n) is 2.44. The molecule has 1 aromatic carbocycles. The van der Waals surface area contributed by atoms with Crippen molar-refractivity contribution >= 4 is 5.95 Å². The average Bonchev–Trinajstić information content (AvgIpc) is 2.39. The van der Waals surface area contributed by atoms with Gasteiger partial charge >= 0.3 is 0 Å². The summed E-state index contributed by atoms with van der Waals surface area (Å²) in [5, 5.41) is 10.3. The Bertz CT molecular complexity index is 625. The van der Waals surface area contributed by atoms with Crippen molar-refractivity contribution in [1.29, 1.82) is 0 Å². The third kappa shape index (κ3) is 1.90. The van der Waals surface area contributed by atoms with Gasteiger partial charge in [-0.25, -0.2) is 4.39 Å². The van der Waals surface area contributed by atoms with Crippen molar-refractivity contribution in [3.8, 4) is 11.3 Å². The molecule has 18 heavy (non-hydrogen) atoms. The molecule has 0 fully saturated rings. The first-order chi connectivity index (χ1) is 8.69. The van der Waals surface area contributed by atoms with Crippen molar-refractivity contribution in [3.63, 3.8) is 0 Å². The molecule has 0 unspecified atom stereocenters. The highest BCUT2D eigenvalue weighted by molar-refractivity contribution is 5.58. The predicted molar refractivity (Wildman–Crippen MR) is 66.5 cm³/mol. The van der Waals surface area contributed by atoms with E-state index in [1.165, 1.54) is 12.1 Å². The summed E-state index contributed by atoms with van der Waals surface area (Å²) in [6.07, 6.45) is 0. The van der Waals surface area contributed by atoms with Crippen molar-refractivity contribution in [1.82, 2.24) is 14.9 Å². The minimum atomic E-state index is -0.510. The van der Waals surface area contributed by atoms with Crippen LogP contribution in [0.1, 0.15) is 0 Å². The maximum absolute atomic E-state index is 13.6. The molecule has 0 aliphatic heterocycles. The molecule has 7 heteroatoms. The largest absolute Gasteiger partial charge is 0.356 e. The van der Waals surface area contributed by atoms with Gasteiger partial charge in [0.1, 0.15) is 5.82 Å². The van der Waals surface area contributed by atoms with Crippen LogP contribution in [-0.2, 0) is 0 Å². The Morgan fingerprint density at radius 2 is 1.94 bits per heavy atom. The van der Waals surface area contributed by atoms with Gasteiger partial charge in [0.2, 0.25) is 5.95 Å². The van der Waals surface area contributed by atoms with Gasteiger partial charge in [-0.2, -0.15) is 4.68 Å². The fraction of sp³-hybridized carbons (Fsp3) is 0.182. The Morgan fingerprint density at radius 1 is 1.22 bits per heavy atom. The molecule has 0 spiro atoms. The fourth-order valence-electron chi connectivity index (χ4n) is 1.58. The minimum Gasteiger partial charge on any atom is -0.356 e. The number of aromatic nitrogens is 3. The van der Waals surface area contributed by atoms with Gasteiger partial charge in [-0.1, -0.05) is 12.1 Å². The van der Waals surface area contributed by atoms with Gasteiger partial charge in [-0.3, -0.25) is 4.79 Å². The minimum absolute atomic E-state index is 0.0403. The first kappa shape index (κ1) is 12.0. The van der Waals surface area contributed by atoms with E-state index in [9.17, 15) is 9.18 Å². The van der Waals surface area contributed by atoms with Gasteiger partial charge in [0.05, 0.1) is 0 Å².